The van der Waals surface area contributed by atoms with Crippen molar-refractivity contribution in [2.24, 2.45) is 0 Å². The molecule has 0 aliphatic rings. The first-order chi connectivity index (χ1) is 14.8. The normalized spacial score (nSPS) is 13.8. The second kappa shape index (κ2) is 19.1. The first-order valence-electron chi connectivity index (χ1n) is 13.0. The molecule has 2 N–H and O–H groups in total. The SMILES string of the molecule is CCCCCCCCCCOC(=O)CC(CC)(CCCCCCCCCC)P(=O)(O)O. The Morgan fingerprint density at radius 2 is 1.13 bits per heavy atom. The van der Waals surface area contributed by atoms with Gasteiger partial charge in [-0.1, -0.05) is 117 Å². The van der Waals surface area contributed by atoms with Crippen LogP contribution in [0.3, 0.4) is 0 Å². The topological polar surface area (TPSA) is 83.8 Å². The van der Waals surface area contributed by atoms with Crippen LogP contribution < -0.4 is 0 Å². The molecule has 1 atom stereocenters. The highest BCUT2D eigenvalue weighted by atomic mass is 31.2. The maximum atomic E-state index is 12.3. The van der Waals surface area contributed by atoms with Crippen molar-refractivity contribution in [3.05, 3.63) is 0 Å². The molecule has 0 amide bonds. The van der Waals surface area contributed by atoms with Crippen molar-refractivity contribution in [1.82, 2.24) is 0 Å². The minimum absolute atomic E-state index is 0.179. The molecule has 0 saturated heterocycles. The quantitative estimate of drug-likeness (QED) is 0.0969. The second-order valence-electron chi connectivity index (χ2n) is 9.22. The molecule has 0 aromatic carbocycles. The van der Waals surface area contributed by atoms with Gasteiger partial charge in [0.05, 0.1) is 18.2 Å². The van der Waals surface area contributed by atoms with E-state index in [1.54, 1.807) is 6.92 Å². The standard InChI is InChI=1S/C25H51O5P/c1-4-7-9-11-13-15-17-19-21-25(6-3,31(27,28)29)23-24(26)30-22-20-18-16-14-12-10-8-5-2/h4-23H2,1-3H3,(H2,27,28,29). The van der Waals surface area contributed by atoms with E-state index in [2.05, 4.69) is 13.8 Å². The summed E-state index contributed by atoms with van der Waals surface area (Å²) in [7, 11) is -4.40. The van der Waals surface area contributed by atoms with E-state index in [4.69, 9.17) is 4.74 Å². The maximum Gasteiger partial charge on any atom is 0.332 e. The number of unbranched alkanes of at least 4 members (excludes halogenated alkanes) is 14. The molecule has 0 aromatic rings. The molecule has 0 radical (unpaired) electrons. The molecule has 5 nitrogen and oxygen atoms in total. The number of carbonyl (C=O) groups is 1. The summed E-state index contributed by atoms with van der Waals surface area (Å²) >= 11 is 0. The molecule has 0 aromatic heterocycles. The van der Waals surface area contributed by atoms with Gasteiger partial charge in [0.25, 0.3) is 0 Å². The van der Waals surface area contributed by atoms with Crippen molar-refractivity contribution < 1.29 is 23.9 Å². The van der Waals surface area contributed by atoms with E-state index in [1.165, 1.54) is 64.2 Å². The van der Waals surface area contributed by atoms with Crippen LogP contribution in [0, 0.1) is 0 Å². The average molecular weight is 463 g/mol. The minimum Gasteiger partial charge on any atom is -0.466 e. The van der Waals surface area contributed by atoms with E-state index in [0.29, 0.717) is 19.4 Å². The Labute approximate surface area is 192 Å². The first kappa shape index (κ1) is 30.6. The van der Waals surface area contributed by atoms with Gasteiger partial charge in [0.15, 0.2) is 0 Å². The number of ether oxygens (including phenoxy) is 1. The number of esters is 1. The molecule has 0 aliphatic carbocycles. The van der Waals surface area contributed by atoms with Crippen LogP contribution in [0.15, 0.2) is 0 Å². The highest BCUT2D eigenvalue weighted by Crippen LogP contribution is 2.57. The van der Waals surface area contributed by atoms with E-state index in [-0.39, 0.29) is 6.42 Å². The summed E-state index contributed by atoms with van der Waals surface area (Å²) in [6.07, 6.45) is 18.8. The van der Waals surface area contributed by atoms with Gasteiger partial charge in [-0.2, -0.15) is 0 Å². The van der Waals surface area contributed by atoms with Gasteiger partial charge in [0.1, 0.15) is 0 Å². The van der Waals surface area contributed by atoms with E-state index in [9.17, 15) is 19.1 Å². The predicted molar refractivity (Wildman–Crippen MR) is 130 cm³/mol. The molecular weight excluding hydrogens is 411 g/mol. The molecule has 186 valence electrons. The van der Waals surface area contributed by atoms with Gasteiger partial charge >= 0.3 is 13.6 Å². The predicted octanol–water partition coefficient (Wildman–Crippen LogP) is 7.92. The smallest absolute Gasteiger partial charge is 0.332 e. The lowest BCUT2D eigenvalue weighted by Gasteiger charge is -2.32. The van der Waals surface area contributed by atoms with Gasteiger partial charge in [-0.25, -0.2) is 0 Å². The summed E-state index contributed by atoms with van der Waals surface area (Å²) in [5.41, 5.74) is 0. The van der Waals surface area contributed by atoms with Crippen LogP contribution in [0.25, 0.3) is 0 Å². The molecule has 0 aliphatic heterocycles. The molecule has 0 spiro atoms. The zero-order chi connectivity index (χ0) is 23.4. The second-order valence-corrected chi connectivity index (χ2v) is 11.3. The summed E-state index contributed by atoms with van der Waals surface area (Å²) in [4.78, 5) is 32.4. The number of hydrogen-bond donors (Lipinski definition) is 2. The molecule has 31 heavy (non-hydrogen) atoms. The minimum atomic E-state index is -4.40. The summed E-state index contributed by atoms with van der Waals surface area (Å²) in [5.74, 6) is -0.465. The fourth-order valence-corrected chi connectivity index (χ4v) is 5.37. The fourth-order valence-electron chi connectivity index (χ4n) is 4.17. The van der Waals surface area contributed by atoms with Gasteiger partial charge in [-0.05, 0) is 19.3 Å². The third kappa shape index (κ3) is 15.1. The molecule has 0 saturated carbocycles. The van der Waals surface area contributed by atoms with Crippen LogP contribution in [0.4, 0.5) is 0 Å². The van der Waals surface area contributed by atoms with Crippen molar-refractivity contribution >= 4 is 13.6 Å². The maximum absolute atomic E-state index is 12.3. The third-order valence-corrected chi connectivity index (χ3v) is 8.44. The number of rotatable bonds is 22. The highest BCUT2D eigenvalue weighted by molar-refractivity contribution is 7.53. The average Bonchev–Trinajstić information content (AvgIpc) is 2.72. The van der Waals surface area contributed by atoms with Crippen LogP contribution in [-0.2, 0) is 14.1 Å². The first-order valence-corrected chi connectivity index (χ1v) is 14.7. The highest BCUT2D eigenvalue weighted by Gasteiger charge is 2.46. The van der Waals surface area contributed by atoms with Crippen molar-refractivity contribution in [2.45, 2.75) is 148 Å². The van der Waals surface area contributed by atoms with Crippen LogP contribution in [-0.4, -0.2) is 27.5 Å². The van der Waals surface area contributed by atoms with Gasteiger partial charge in [0, 0.05) is 0 Å². The molecule has 1 unspecified atom stereocenters. The van der Waals surface area contributed by atoms with Gasteiger partial charge in [-0.15, -0.1) is 0 Å². The van der Waals surface area contributed by atoms with Gasteiger partial charge in [0.2, 0.25) is 0 Å². The third-order valence-electron chi connectivity index (χ3n) is 6.51. The Kier molecular flexibility index (Phi) is 18.9. The van der Waals surface area contributed by atoms with E-state index in [1.807, 2.05) is 0 Å². The molecule has 0 rings (SSSR count). The lowest BCUT2D eigenvalue weighted by atomic mass is 9.93. The van der Waals surface area contributed by atoms with Crippen molar-refractivity contribution in [3.8, 4) is 0 Å². The van der Waals surface area contributed by atoms with Crippen molar-refractivity contribution in [1.29, 1.82) is 0 Å². The fraction of sp³-hybridized carbons (Fsp3) is 0.960. The number of hydrogen-bond acceptors (Lipinski definition) is 3. The van der Waals surface area contributed by atoms with Crippen LogP contribution in [0.1, 0.15) is 143 Å². The lowest BCUT2D eigenvalue weighted by molar-refractivity contribution is -0.144. The summed E-state index contributed by atoms with van der Waals surface area (Å²) in [6, 6.07) is 0. The van der Waals surface area contributed by atoms with Gasteiger partial charge in [-0.3, -0.25) is 9.36 Å². The number of carbonyl (C=O) groups excluding carboxylic acids is 1. The summed E-state index contributed by atoms with van der Waals surface area (Å²) in [5, 5.41) is -1.27. The molecule has 0 heterocycles. The Morgan fingerprint density at radius 3 is 1.55 bits per heavy atom. The van der Waals surface area contributed by atoms with E-state index in [0.717, 1.165) is 38.5 Å². The monoisotopic (exact) mass is 462 g/mol. The molecule has 0 bridgehead atoms. The van der Waals surface area contributed by atoms with Crippen LogP contribution in [0.2, 0.25) is 0 Å². The molecule has 0 fully saturated rings. The van der Waals surface area contributed by atoms with Gasteiger partial charge < -0.3 is 14.5 Å². The zero-order valence-electron chi connectivity index (χ0n) is 20.7. The Bertz CT molecular complexity index is 477. The van der Waals surface area contributed by atoms with E-state index < -0.39 is 18.7 Å². The van der Waals surface area contributed by atoms with Crippen LogP contribution >= 0.6 is 7.60 Å². The summed E-state index contributed by atoms with van der Waals surface area (Å²) in [6.45, 7) is 6.54. The zero-order valence-corrected chi connectivity index (χ0v) is 21.6. The Hall–Kier alpha value is -0.380. The van der Waals surface area contributed by atoms with E-state index >= 15 is 0 Å². The Morgan fingerprint density at radius 1 is 0.710 bits per heavy atom. The summed E-state index contributed by atoms with van der Waals surface area (Å²) < 4.78 is 17.6. The Balaban J connectivity index is 4.23. The molecule has 6 heteroatoms. The van der Waals surface area contributed by atoms with Crippen molar-refractivity contribution in [2.75, 3.05) is 6.61 Å². The molecular formula is C25H51O5P. The lowest BCUT2D eigenvalue weighted by Crippen LogP contribution is -2.32. The largest absolute Gasteiger partial charge is 0.466 e. The van der Waals surface area contributed by atoms with Crippen molar-refractivity contribution in [3.63, 3.8) is 0 Å². The van der Waals surface area contributed by atoms with Crippen LogP contribution in [0.5, 0.6) is 0 Å².